The Morgan fingerprint density at radius 2 is 1.76 bits per heavy atom. The Bertz CT molecular complexity index is 758. The molecule has 2 aromatic carbocycles. The van der Waals surface area contributed by atoms with Crippen molar-refractivity contribution in [2.24, 2.45) is 0 Å². The molecule has 21 heavy (non-hydrogen) atoms. The molecular formula is C13H10BrF2NO3S. The molecule has 0 radical (unpaired) electrons. The van der Waals surface area contributed by atoms with Crippen LogP contribution in [0.4, 0.5) is 14.5 Å². The molecule has 0 bridgehead atoms. The van der Waals surface area contributed by atoms with Crippen molar-refractivity contribution in [3.05, 3.63) is 58.1 Å². The first-order valence-corrected chi connectivity index (χ1v) is 7.98. The van der Waals surface area contributed by atoms with E-state index in [0.29, 0.717) is 5.56 Å². The highest BCUT2D eigenvalue weighted by Crippen LogP contribution is 2.26. The van der Waals surface area contributed by atoms with Gasteiger partial charge in [-0.05, 0) is 29.8 Å². The van der Waals surface area contributed by atoms with Gasteiger partial charge < -0.3 is 5.11 Å². The third kappa shape index (κ3) is 3.58. The minimum atomic E-state index is -4.16. The molecule has 0 saturated heterocycles. The van der Waals surface area contributed by atoms with Crippen LogP contribution in [0.2, 0.25) is 0 Å². The number of benzene rings is 2. The summed E-state index contributed by atoms with van der Waals surface area (Å²) < 4.78 is 53.6. The van der Waals surface area contributed by atoms with E-state index in [0.717, 1.165) is 12.1 Å². The molecule has 2 rings (SSSR count). The van der Waals surface area contributed by atoms with Crippen LogP contribution in [0, 0.1) is 11.6 Å². The smallest absolute Gasteiger partial charge is 0.262 e. The second kappa shape index (κ2) is 6.08. The highest BCUT2D eigenvalue weighted by Gasteiger charge is 2.20. The van der Waals surface area contributed by atoms with Gasteiger partial charge in [0, 0.05) is 4.47 Å². The van der Waals surface area contributed by atoms with E-state index in [1.54, 1.807) is 0 Å². The topological polar surface area (TPSA) is 66.4 Å². The van der Waals surface area contributed by atoms with Gasteiger partial charge in [0.1, 0.15) is 5.69 Å². The summed E-state index contributed by atoms with van der Waals surface area (Å²) in [5.74, 6) is -2.08. The van der Waals surface area contributed by atoms with E-state index < -0.39 is 27.3 Å². The van der Waals surface area contributed by atoms with Crippen LogP contribution in [0.1, 0.15) is 5.56 Å². The molecule has 112 valence electrons. The van der Waals surface area contributed by atoms with Crippen LogP contribution in [0.3, 0.4) is 0 Å². The normalized spacial score (nSPS) is 11.4. The number of hydrogen-bond acceptors (Lipinski definition) is 3. The van der Waals surface area contributed by atoms with E-state index in [-0.39, 0.29) is 16.0 Å². The molecule has 0 aliphatic heterocycles. The lowest BCUT2D eigenvalue weighted by atomic mass is 10.2. The standard InChI is InChI=1S/C13H10BrF2NO3S/c14-9-5-11(15)13(12(16)6-9)17-21(19,20)10-3-1-2-8(4-10)7-18/h1-6,17-18H,7H2. The number of aliphatic hydroxyl groups is 1. The maximum Gasteiger partial charge on any atom is 0.262 e. The Morgan fingerprint density at radius 3 is 2.33 bits per heavy atom. The zero-order chi connectivity index (χ0) is 15.6. The van der Waals surface area contributed by atoms with Crippen molar-refractivity contribution in [3.63, 3.8) is 0 Å². The van der Waals surface area contributed by atoms with Gasteiger partial charge in [-0.1, -0.05) is 28.1 Å². The van der Waals surface area contributed by atoms with E-state index in [9.17, 15) is 17.2 Å². The third-order valence-electron chi connectivity index (χ3n) is 2.63. The summed E-state index contributed by atoms with van der Waals surface area (Å²) in [7, 11) is -4.16. The summed E-state index contributed by atoms with van der Waals surface area (Å²) in [6.07, 6.45) is 0. The molecule has 8 heteroatoms. The SMILES string of the molecule is O=S(=O)(Nc1c(F)cc(Br)cc1F)c1cccc(CO)c1. The third-order valence-corrected chi connectivity index (χ3v) is 4.44. The molecule has 2 aromatic rings. The fourth-order valence-electron chi connectivity index (χ4n) is 1.64. The Morgan fingerprint density at radius 1 is 1.14 bits per heavy atom. The van der Waals surface area contributed by atoms with Gasteiger partial charge >= 0.3 is 0 Å². The first kappa shape index (κ1) is 15.9. The van der Waals surface area contributed by atoms with Crippen LogP contribution in [-0.2, 0) is 16.6 Å². The molecule has 0 aliphatic carbocycles. The molecule has 0 heterocycles. The van der Waals surface area contributed by atoms with E-state index in [4.69, 9.17) is 5.11 Å². The zero-order valence-electron chi connectivity index (χ0n) is 10.5. The average Bonchev–Trinajstić information content (AvgIpc) is 2.43. The fourth-order valence-corrected chi connectivity index (χ4v) is 3.19. The number of aliphatic hydroxyl groups excluding tert-OH is 1. The number of anilines is 1. The van der Waals surface area contributed by atoms with Gasteiger partial charge in [0.2, 0.25) is 0 Å². The summed E-state index contributed by atoms with van der Waals surface area (Å²) in [6.45, 7) is -0.343. The molecule has 0 unspecified atom stereocenters. The maximum atomic E-state index is 13.7. The van der Waals surface area contributed by atoms with Crippen molar-refractivity contribution in [2.75, 3.05) is 4.72 Å². The van der Waals surface area contributed by atoms with E-state index in [1.165, 1.54) is 24.3 Å². The van der Waals surface area contributed by atoms with Crippen LogP contribution in [0.25, 0.3) is 0 Å². The van der Waals surface area contributed by atoms with Crippen LogP contribution >= 0.6 is 15.9 Å². The van der Waals surface area contributed by atoms with Crippen molar-refractivity contribution in [1.29, 1.82) is 0 Å². The predicted octanol–water partition coefficient (Wildman–Crippen LogP) is 3.02. The zero-order valence-corrected chi connectivity index (χ0v) is 12.9. The predicted molar refractivity (Wildman–Crippen MR) is 77.2 cm³/mol. The van der Waals surface area contributed by atoms with Gasteiger partial charge in [0.25, 0.3) is 10.0 Å². The Kier molecular flexibility index (Phi) is 4.60. The molecule has 0 spiro atoms. The maximum absolute atomic E-state index is 13.7. The van der Waals surface area contributed by atoms with Crippen molar-refractivity contribution in [3.8, 4) is 0 Å². The summed E-state index contributed by atoms with van der Waals surface area (Å²) in [6, 6.07) is 7.33. The molecule has 2 N–H and O–H groups in total. The first-order valence-electron chi connectivity index (χ1n) is 5.70. The van der Waals surface area contributed by atoms with E-state index in [1.807, 2.05) is 4.72 Å². The van der Waals surface area contributed by atoms with Crippen molar-refractivity contribution in [2.45, 2.75) is 11.5 Å². The molecular weight excluding hydrogens is 368 g/mol. The summed E-state index contributed by atoms with van der Waals surface area (Å²) in [5, 5.41) is 9.00. The lowest BCUT2D eigenvalue weighted by Gasteiger charge is -2.11. The first-order chi connectivity index (χ1) is 9.83. The van der Waals surface area contributed by atoms with Gasteiger partial charge in [-0.2, -0.15) is 0 Å². The summed E-state index contributed by atoms with van der Waals surface area (Å²) >= 11 is 2.91. The Balaban J connectivity index is 2.42. The van der Waals surface area contributed by atoms with Gasteiger partial charge in [0.05, 0.1) is 11.5 Å². The minimum absolute atomic E-state index is 0.155. The number of nitrogens with one attached hydrogen (secondary N) is 1. The number of rotatable bonds is 4. The van der Waals surface area contributed by atoms with E-state index >= 15 is 0 Å². The van der Waals surface area contributed by atoms with Crippen molar-refractivity contribution in [1.82, 2.24) is 0 Å². The highest BCUT2D eigenvalue weighted by molar-refractivity contribution is 9.10. The van der Waals surface area contributed by atoms with Crippen molar-refractivity contribution >= 4 is 31.6 Å². The molecule has 0 atom stereocenters. The van der Waals surface area contributed by atoms with Crippen LogP contribution < -0.4 is 4.72 Å². The molecule has 0 amide bonds. The highest BCUT2D eigenvalue weighted by atomic mass is 79.9. The minimum Gasteiger partial charge on any atom is -0.392 e. The quantitative estimate of drug-likeness (QED) is 0.860. The van der Waals surface area contributed by atoms with Crippen LogP contribution in [0.15, 0.2) is 45.8 Å². The summed E-state index contributed by atoms with van der Waals surface area (Å²) in [5.41, 5.74) is -0.387. The van der Waals surface area contributed by atoms with Gasteiger partial charge in [-0.15, -0.1) is 0 Å². The van der Waals surface area contributed by atoms with E-state index in [2.05, 4.69) is 15.9 Å². The number of sulfonamides is 1. The molecule has 0 aromatic heterocycles. The summed E-state index contributed by atoms with van der Waals surface area (Å²) in [4.78, 5) is -0.198. The van der Waals surface area contributed by atoms with Crippen molar-refractivity contribution < 1.29 is 22.3 Å². The van der Waals surface area contributed by atoms with Gasteiger partial charge in [0.15, 0.2) is 11.6 Å². The fraction of sp³-hybridized carbons (Fsp3) is 0.0769. The van der Waals surface area contributed by atoms with Crippen LogP contribution in [0.5, 0.6) is 0 Å². The second-order valence-corrected chi connectivity index (χ2v) is 6.75. The van der Waals surface area contributed by atoms with Gasteiger partial charge in [-0.25, -0.2) is 17.2 Å². The molecule has 0 saturated carbocycles. The van der Waals surface area contributed by atoms with Crippen LogP contribution in [-0.4, -0.2) is 13.5 Å². The lowest BCUT2D eigenvalue weighted by molar-refractivity contribution is 0.281. The Hall–Kier alpha value is -1.51. The van der Waals surface area contributed by atoms with Gasteiger partial charge in [-0.3, -0.25) is 4.72 Å². The molecule has 0 aliphatic rings. The molecule has 0 fully saturated rings. The number of halogens is 3. The number of hydrogen-bond donors (Lipinski definition) is 2. The lowest BCUT2D eigenvalue weighted by Crippen LogP contribution is -2.15. The monoisotopic (exact) mass is 377 g/mol. The molecule has 4 nitrogen and oxygen atoms in total. The second-order valence-electron chi connectivity index (χ2n) is 4.16. The average molecular weight is 378 g/mol. The largest absolute Gasteiger partial charge is 0.392 e. The Labute approximate surface area is 128 Å².